The number of hydrogen-bond acceptors (Lipinski definition) is 5. The molecule has 0 saturated carbocycles. The van der Waals surface area contributed by atoms with Crippen molar-refractivity contribution < 1.29 is 18.7 Å². The number of carbonyl (C=O) groups excluding carboxylic acids is 2. The summed E-state index contributed by atoms with van der Waals surface area (Å²) in [7, 11) is 0. The molecule has 1 aromatic heterocycles. The molecule has 0 atom stereocenters. The van der Waals surface area contributed by atoms with Gasteiger partial charge in [0.05, 0.1) is 23.9 Å². The lowest BCUT2D eigenvalue weighted by atomic mass is 9.93. The SMILES string of the molecule is CCCOc1ccc(-c2nn(-c3ccccc3)cc2/C=C2/C(=O)N(Cc3ccc(F)cc3)C(=O)C(C#N)=C2C)cc1Cl. The molecule has 0 saturated heterocycles. The molecule has 0 unspecified atom stereocenters. The van der Waals surface area contributed by atoms with Crippen LogP contribution in [0.4, 0.5) is 4.39 Å². The van der Waals surface area contributed by atoms with E-state index in [0.29, 0.717) is 39.8 Å². The third-order valence-electron chi connectivity index (χ3n) is 6.81. The van der Waals surface area contributed by atoms with Crippen LogP contribution in [0.2, 0.25) is 5.02 Å². The zero-order valence-corrected chi connectivity index (χ0v) is 23.7. The Morgan fingerprint density at radius 2 is 1.79 bits per heavy atom. The van der Waals surface area contributed by atoms with Gasteiger partial charge in [0.2, 0.25) is 0 Å². The maximum Gasteiger partial charge on any atom is 0.271 e. The molecule has 2 heterocycles. The van der Waals surface area contributed by atoms with Crippen LogP contribution >= 0.6 is 11.6 Å². The van der Waals surface area contributed by atoms with E-state index in [1.807, 2.05) is 49.4 Å². The van der Waals surface area contributed by atoms with E-state index >= 15 is 0 Å². The van der Waals surface area contributed by atoms with Crippen LogP contribution in [0, 0.1) is 17.1 Å². The molecule has 3 aromatic carbocycles. The summed E-state index contributed by atoms with van der Waals surface area (Å²) in [6, 6.07) is 22.3. The summed E-state index contributed by atoms with van der Waals surface area (Å²) in [5.74, 6) is -1.15. The van der Waals surface area contributed by atoms with Crippen LogP contribution in [-0.2, 0) is 16.1 Å². The highest BCUT2D eigenvalue weighted by Crippen LogP contribution is 2.35. The average molecular weight is 581 g/mol. The van der Waals surface area contributed by atoms with E-state index in [1.165, 1.54) is 24.3 Å². The van der Waals surface area contributed by atoms with Crippen molar-refractivity contribution in [3.63, 3.8) is 0 Å². The number of nitrogens with zero attached hydrogens (tertiary/aromatic N) is 4. The van der Waals surface area contributed by atoms with Crippen molar-refractivity contribution in [2.24, 2.45) is 0 Å². The first-order chi connectivity index (χ1) is 20.3. The summed E-state index contributed by atoms with van der Waals surface area (Å²) in [6.45, 7) is 4.00. The third-order valence-corrected chi connectivity index (χ3v) is 7.10. The number of ether oxygens (including phenoxy) is 1. The first-order valence-corrected chi connectivity index (χ1v) is 13.7. The summed E-state index contributed by atoms with van der Waals surface area (Å²) in [5.41, 5.74) is 3.45. The molecule has 1 aliphatic heterocycles. The Morgan fingerprint density at radius 1 is 1.05 bits per heavy atom. The normalized spacial score (nSPS) is 14.5. The first-order valence-electron chi connectivity index (χ1n) is 13.3. The smallest absolute Gasteiger partial charge is 0.271 e. The minimum absolute atomic E-state index is 0.112. The minimum Gasteiger partial charge on any atom is -0.492 e. The molecule has 4 aromatic rings. The Balaban J connectivity index is 1.63. The zero-order valence-electron chi connectivity index (χ0n) is 23.0. The van der Waals surface area contributed by atoms with E-state index in [4.69, 9.17) is 21.4 Å². The molecule has 0 spiro atoms. The lowest BCUT2D eigenvalue weighted by Crippen LogP contribution is -2.42. The Bertz CT molecular complexity index is 1770. The highest BCUT2D eigenvalue weighted by molar-refractivity contribution is 6.32. The summed E-state index contributed by atoms with van der Waals surface area (Å²) in [4.78, 5) is 27.9. The number of aromatic nitrogens is 2. The summed E-state index contributed by atoms with van der Waals surface area (Å²) < 4.78 is 20.9. The van der Waals surface area contributed by atoms with Crippen molar-refractivity contribution in [2.75, 3.05) is 6.61 Å². The van der Waals surface area contributed by atoms with Gasteiger partial charge in [-0.2, -0.15) is 10.4 Å². The Morgan fingerprint density at radius 3 is 2.45 bits per heavy atom. The van der Waals surface area contributed by atoms with Gasteiger partial charge in [0.1, 0.15) is 28.9 Å². The van der Waals surface area contributed by atoms with Gasteiger partial charge in [0, 0.05) is 22.9 Å². The number of nitriles is 1. The summed E-state index contributed by atoms with van der Waals surface area (Å²) in [6.07, 6.45) is 4.25. The van der Waals surface area contributed by atoms with Gasteiger partial charge in [-0.15, -0.1) is 0 Å². The van der Waals surface area contributed by atoms with E-state index in [-0.39, 0.29) is 23.3 Å². The fourth-order valence-electron chi connectivity index (χ4n) is 4.61. The molecule has 0 aliphatic carbocycles. The van der Waals surface area contributed by atoms with E-state index in [1.54, 1.807) is 36.0 Å². The predicted molar refractivity (Wildman–Crippen MR) is 158 cm³/mol. The molecule has 5 rings (SSSR count). The molecule has 1 aliphatic rings. The third kappa shape index (κ3) is 5.73. The quantitative estimate of drug-likeness (QED) is 0.167. The molecular weight excluding hydrogens is 555 g/mol. The monoisotopic (exact) mass is 580 g/mol. The predicted octanol–water partition coefficient (Wildman–Crippen LogP) is 6.91. The molecule has 0 radical (unpaired) electrons. The van der Waals surface area contributed by atoms with Gasteiger partial charge in [-0.25, -0.2) is 9.07 Å². The summed E-state index contributed by atoms with van der Waals surface area (Å²) >= 11 is 6.55. The molecular formula is C33H26ClFN4O3. The van der Waals surface area contributed by atoms with E-state index in [2.05, 4.69) is 0 Å². The maximum absolute atomic E-state index is 13.8. The largest absolute Gasteiger partial charge is 0.492 e. The van der Waals surface area contributed by atoms with Gasteiger partial charge in [-0.05, 0) is 73.0 Å². The van der Waals surface area contributed by atoms with Crippen LogP contribution < -0.4 is 4.74 Å². The van der Waals surface area contributed by atoms with Crippen molar-refractivity contribution in [3.8, 4) is 28.8 Å². The molecule has 0 bridgehead atoms. The number of hydrogen-bond donors (Lipinski definition) is 0. The van der Waals surface area contributed by atoms with E-state index in [0.717, 1.165) is 17.0 Å². The number of halogens is 2. The molecule has 9 heteroatoms. The van der Waals surface area contributed by atoms with Crippen molar-refractivity contribution in [2.45, 2.75) is 26.8 Å². The van der Waals surface area contributed by atoms with E-state index < -0.39 is 17.6 Å². The van der Waals surface area contributed by atoms with Crippen LogP contribution in [0.25, 0.3) is 23.0 Å². The van der Waals surface area contributed by atoms with Crippen LogP contribution in [-0.4, -0.2) is 33.1 Å². The van der Waals surface area contributed by atoms with E-state index in [9.17, 15) is 19.2 Å². The maximum atomic E-state index is 13.8. The number of amides is 2. The Kier molecular flexibility index (Phi) is 8.32. The minimum atomic E-state index is -0.698. The second-order valence-corrected chi connectivity index (χ2v) is 10.1. The topological polar surface area (TPSA) is 88.2 Å². The lowest BCUT2D eigenvalue weighted by molar-refractivity contribution is -0.141. The average Bonchev–Trinajstić information content (AvgIpc) is 3.42. The van der Waals surface area contributed by atoms with Crippen LogP contribution in [0.3, 0.4) is 0 Å². The van der Waals surface area contributed by atoms with Gasteiger partial charge in [0.25, 0.3) is 11.8 Å². The number of para-hydroxylation sites is 1. The second-order valence-electron chi connectivity index (χ2n) is 9.70. The highest BCUT2D eigenvalue weighted by Gasteiger charge is 2.35. The lowest BCUT2D eigenvalue weighted by Gasteiger charge is -2.27. The van der Waals surface area contributed by atoms with Crippen LogP contribution in [0.1, 0.15) is 31.4 Å². The Labute approximate surface area is 247 Å². The molecule has 2 amide bonds. The van der Waals surface area contributed by atoms with Crippen molar-refractivity contribution in [1.29, 1.82) is 5.26 Å². The van der Waals surface area contributed by atoms with Gasteiger partial charge < -0.3 is 4.74 Å². The Hall–Kier alpha value is -5.00. The fourth-order valence-corrected chi connectivity index (χ4v) is 4.84. The molecule has 42 heavy (non-hydrogen) atoms. The number of rotatable bonds is 8. The number of benzene rings is 3. The zero-order chi connectivity index (χ0) is 29.8. The van der Waals surface area contributed by atoms with Gasteiger partial charge in [-0.1, -0.05) is 48.9 Å². The van der Waals surface area contributed by atoms with Crippen molar-refractivity contribution in [1.82, 2.24) is 14.7 Å². The van der Waals surface area contributed by atoms with Gasteiger partial charge >= 0.3 is 0 Å². The van der Waals surface area contributed by atoms with Crippen molar-refractivity contribution in [3.05, 3.63) is 118 Å². The number of carbonyl (C=O) groups is 2. The second kappa shape index (κ2) is 12.2. The molecule has 7 nitrogen and oxygen atoms in total. The van der Waals surface area contributed by atoms with Crippen molar-refractivity contribution >= 4 is 29.5 Å². The van der Waals surface area contributed by atoms with Gasteiger partial charge in [0.15, 0.2) is 0 Å². The standard InChI is InChI=1S/C33H26ClFN4O3/c1-3-15-42-30-14-11-23(17-29(30)34)31-24(20-39(37-31)26-7-5-4-6-8-26)16-27-21(2)28(18-36)33(41)38(32(27)40)19-22-9-12-25(35)13-10-22/h4-14,16-17,20H,3,15,19H2,1-2H3/b27-16+. The number of imide groups is 1. The highest BCUT2D eigenvalue weighted by atomic mass is 35.5. The molecule has 0 N–H and O–H groups in total. The fraction of sp³-hybridized carbons (Fsp3) is 0.152. The summed E-state index contributed by atoms with van der Waals surface area (Å²) in [5, 5.41) is 15.1. The van der Waals surface area contributed by atoms with Crippen LogP contribution in [0.5, 0.6) is 5.75 Å². The first kappa shape index (κ1) is 28.5. The van der Waals surface area contributed by atoms with Gasteiger partial charge in [-0.3, -0.25) is 14.5 Å². The molecule has 0 fully saturated rings. The molecule has 210 valence electrons. The van der Waals surface area contributed by atoms with Crippen LogP contribution in [0.15, 0.2) is 95.7 Å².